The summed E-state index contributed by atoms with van der Waals surface area (Å²) in [6.07, 6.45) is 0. The van der Waals surface area contributed by atoms with E-state index in [1.165, 1.54) is 0 Å². The normalized spacial score (nSPS) is 11.5. The molecule has 8 aromatic carbocycles. The molecular formula is C53H33N3O. The third kappa shape index (κ3) is 5.74. The summed E-state index contributed by atoms with van der Waals surface area (Å²) in [6, 6.07) is 69.6. The van der Waals surface area contributed by atoms with E-state index in [0.717, 1.165) is 105 Å². The molecule has 0 fully saturated rings. The van der Waals surface area contributed by atoms with E-state index < -0.39 is 0 Å². The summed E-state index contributed by atoms with van der Waals surface area (Å²) in [7, 11) is 0. The lowest BCUT2D eigenvalue weighted by Gasteiger charge is -2.16. The fourth-order valence-corrected chi connectivity index (χ4v) is 8.20. The molecule has 0 bridgehead atoms. The van der Waals surface area contributed by atoms with Gasteiger partial charge in [0.05, 0.1) is 22.6 Å². The zero-order valence-corrected chi connectivity index (χ0v) is 30.8. The van der Waals surface area contributed by atoms with Crippen LogP contribution < -0.4 is 0 Å². The maximum Gasteiger partial charge on any atom is 0.160 e. The Morgan fingerprint density at radius 2 is 0.860 bits per heavy atom. The maximum absolute atomic E-state index is 6.62. The summed E-state index contributed by atoms with van der Waals surface area (Å²) in [5.41, 5.74) is 13.7. The predicted octanol–water partition coefficient (Wildman–Crippen LogP) is 14.1. The van der Waals surface area contributed by atoms with E-state index >= 15 is 0 Å². The van der Waals surface area contributed by atoms with Crippen LogP contribution in [0.25, 0.3) is 111 Å². The van der Waals surface area contributed by atoms with Gasteiger partial charge in [0.2, 0.25) is 0 Å². The molecule has 266 valence electrons. The van der Waals surface area contributed by atoms with Crippen LogP contribution in [0.1, 0.15) is 0 Å². The molecule has 4 nitrogen and oxygen atoms in total. The quantitative estimate of drug-likeness (QED) is 0.160. The van der Waals surface area contributed by atoms with Crippen molar-refractivity contribution >= 4 is 43.6 Å². The fraction of sp³-hybridized carbons (Fsp3) is 0. The number of pyridine rings is 1. The standard InChI is InChI=1S/C53H33N3O/c1-4-16-34(17-5-1)37-22-14-23-38(30-37)45-33-46(56-53(55-45)36-20-8-3-9-21-36)39-24-15-25-40(31-39)52-43-32-48-51(42-27-11-13-29-47(42)57-48)49(35-18-6-2-7-19-35)50(43)41-26-10-12-28-44(41)54-52/h1-33H. The highest BCUT2D eigenvalue weighted by Crippen LogP contribution is 2.46. The van der Waals surface area contributed by atoms with Gasteiger partial charge in [-0.2, -0.15) is 0 Å². The third-order valence-electron chi connectivity index (χ3n) is 10.8. The summed E-state index contributed by atoms with van der Waals surface area (Å²) in [6.45, 7) is 0. The number of hydrogen-bond acceptors (Lipinski definition) is 4. The van der Waals surface area contributed by atoms with E-state index in [-0.39, 0.29) is 0 Å². The zero-order chi connectivity index (χ0) is 37.7. The van der Waals surface area contributed by atoms with Crippen molar-refractivity contribution < 1.29 is 4.42 Å². The van der Waals surface area contributed by atoms with E-state index in [0.29, 0.717) is 5.82 Å². The summed E-state index contributed by atoms with van der Waals surface area (Å²) in [4.78, 5) is 15.7. The van der Waals surface area contributed by atoms with Crippen LogP contribution in [-0.4, -0.2) is 15.0 Å². The Hall–Kier alpha value is -7.69. The van der Waals surface area contributed by atoms with Crippen LogP contribution >= 0.6 is 0 Å². The number of aromatic nitrogens is 3. The molecule has 0 aliphatic rings. The van der Waals surface area contributed by atoms with E-state index in [2.05, 4.69) is 164 Å². The molecule has 0 unspecified atom stereocenters. The Labute approximate surface area is 329 Å². The van der Waals surface area contributed by atoms with Gasteiger partial charge in [-0.05, 0) is 53.1 Å². The van der Waals surface area contributed by atoms with Gasteiger partial charge in [-0.15, -0.1) is 0 Å². The second kappa shape index (κ2) is 13.6. The highest BCUT2D eigenvalue weighted by molar-refractivity contribution is 6.27. The second-order valence-corrected chi connectivity index (χ2v) is 14.3. The molecule has 0 aliphatic heterocycles. The lowest BCUT2D eigenvalue weighted by Crippen LogP contribution is -1.97. The second-order valence-electron chi connectivity index (χ2n) is 14.3. The van der Waals surface area contributed by atoms with E-state index in [1.54, 1.807) is 0 Å². The van der Waals surface area contributed by atoms with Crippen LogP contribution in [0.2, 0.25) is 0 Å². The van der Waals surface area contributed by atoms with Crippen molar-refractivity contribution in [1.29, 1.82) is 0 Å². The molecular weight excluding hydrogens is 695 g/mol. The van der Waals surface area contributed by atoms with Crippen LogP contribution in [0.5, 0.6) is 0 Å². The molecule has 11 aromatic rings. The van der Waals surface area contributed by atoms with Crippen molar-refractivity contribution in [2.24, 2.45) is 0 Å². The van der Waals surface area contributed by atoms with E-state index in [1.807, 2.05) is 36.4 Å². The van der Waals surface area contributed by atoms with Gasteiger partial charge in [0, 0.05) is 54.7 Å². The minimum Gasteiger partial charge on any atom is -0.456 e. The molecule has 4 heteroatoms. The molecule has 3 heterocycles. The van der Waals surface area contributed by atoms with Crippen molar-refractivity contribution in [1.82, 2.24) is 15.0 Å². The SMILES string of the molecule is c1ccc(-c2cccc(-c3cc(-c4cccc(-c5nc6ccccc6c6c(-c7ccccc7)c7c(cc56)oc5ccccc57)c4)nc(-c4ccccc4)n3)c2)cc1. The first-order valence-corrected chi connectivity index (χ1v) is 19.2. The van der Waals surface area contributed by atoms with Crippen molar-refractivity contribution in [3.05, 3.63) is 200 Å². The monoisotopic (exact) mass is 727 g/mol. The van der Waals surface area contributed by atoms with Gasteiger partial charge in [0.1, 0.15) is 11.2 Å². The largest absolute Gasteiger partial charge is 0.456 e. The van der Waals surface area contributed by atoms with E-state index in [9.17, 15) is 0 Å². The number of fused-ring (bicyclic) bond motifs is 6. The zero-order valence-electron chi connectivity index (χ0n) is 30.8. The van der Waals surface area contributed by atoms with Gasteiger partial charge in [-0.25, -0.2) is 15.0 Å². The van der Waals surface area contributed by atoms with Gasteiger partial charge in [-0.1, -0.05) is 164 Å². The van der Waals surface area contributed by atoms with Gasteiger partial charge < -0.3 is 4.42 Å². The van der Waals surface area contributed by atoms with Crippen molar-refractivity contribution in [3.8, 4) is 67.4 Å². The molecule has 0 spiro atoms. The average Bonchev–Trinajstić information content (AvgIpc) is 3.67. The topological polar surface area (TPSA) is 51.8 Å². The lowest BCUT2D eigenvalue weighted by atomic mass is 9.89. The van der Waals surface area contributed by atoms with Crippen LogP contribution in [0, 0.1) is 0 Å². The Morgan fingerprint density at radius 3 is 1.58 bits per heavy atom. The number of nitrogens with zero attached hydrogens (tertiary/aromatic N) is 3. The first-order chi connectivity index (χ1) is 28.2. The van der Waals surface area contributed by atoms with Gasteiger partial charge in [0.25, 0.3) is 0 Å². The molecule has 57 heavy (non-hydrogen) atoms. The number of rotatable bonds is 6. The van der Waals surface area contributed by atoms with Crippen LogP contribution in [0.4, 0.5) is 0 Å². The van der Waals surface area contributed by atoms with Crippen LogP contribution in [0.15, 0.2) is 205 Å². The van der Waals surface area contributed by atoms with Crippen molar-refractivity contribution in [2.45, 2.75) is 0 Å². The highest BCUT2D eigenvalue weighted by atomic mass is 16.3. The van der Waals surface area contributed by atoms with Crippen molar-refractivity contribution in [3.63, 3.8) is 0 Å². The van der Waals surface area contributed by atoms with Crippen LogP contribution in [-0.2, 0) is 0 Å². The smallest absolute Gasteiger partial charge is 0.160 e. The Balaban J connectivity index is 1.15. The Kier molecular flexibility index (Phi) is 7.78. The number of furan rings is 1. The van der Waals surface area contributed by atoms with E-state index in [4.69, 9.17) is 19.4 Å². The van der Waals surface area contributed by atoms with Gasteiger partial charge >= 0.3 is 0 Å². The summed E-state index contributed by atoms with van der Waals surface area (Å²) in [5.74, 6) is 0.674. The third-order valence-corrected chi connectivity index (χ3v) is 10.8. The Morgan fingerprint density at radius 1 is 0.316 bits per heavy atom. The summed E-state index contributed by atoms with van der Waals surface area (Å²) >= 11 is 0. The summed E-state index contributed by atoms with van der Waals surface area (Å²) in [5, 5.41) is 5.49. The molecule has 11 rings (SSSR count). The minimum atomic E-state index is 0.674. The highest BCUT2D eigenvalue weighted by Gasteiger charge is 2.22. The minimum absolute atomic E-state index is 0.674. The molecule has 0 aliphatic carbocycles. The molecule has 0 amide bonds. The molecule has 3 aromatic heterocycles. The molecule has 0 saturated carbocycles. The average molecular weight is 728 g/mol. The molecule has 0 radical (unpaired) electrons. The van der Waals surface area contributed by atoms with Gasteiger partial charge in [0.15, 0.2) is 5.82 Å². The van der Waals surface area contributed by atoms with Gasteiger partial charge in [-0.3, -0.25) is 0 Å². The lowest BCUT2D eigenvalue weighted by molar-refractivity contribution is 0.669. The fourth-order valence-electron chi connectivity index (χ4n) is 8.20. The maximum atomic E-state index is 6.62. The Bertz CT molecular complexity index is 3280. The predicted molar refractivity (Wildman–Crippen MR) is 235 cm³/mol. The first-order valence-electron chi connectivity index (χ1n) is 19.2. The molecule has 0 saturated heterocycles. The van der Waals surface area contributed by atoms with Crippen LogP contribution in [0.3, 0.4) is 0 Å². The summed E-state index contributed by atoms with van der Waals surface area (Å²) < 4.78 is 6.62. The molecule has 0 N–H and O–H groups in total. The number of para-hydroxylation sites is 2. The first kappa shape index (κ1) is 32.7. The molecule has 0 atom stereocenters. The number of benzene rings is 8. The van der Waals surface area contributed by atoms with Crippen molar-refractivity contribution in [2.75, 3.05) is 0 Å². The number of hydrogen-bond donors (Lipinski definition) is 0.